The molecule has 15 heteroatoms. The number of rotatable bonds is 24. The van der Waals surface area contributed by atoms with Crippen LogP contribution in [0.1, 0.15) is 105 Å². The number of carboxylic acids is 1. The van der Waals surface area contributed by atoms with Crippen molar-refractivity contribution >= 4 is 35.4 Å². The quantitative estimate of drug-likeness (QED) is 0.0569. The Morgan fingerprint density at radius 2 is 1.70 bits per heavy atom. The number of hydrazine groups is 1. The molecular formula is C45H64FN4O10-. The number of carbonyl (C=O) groups excluding carboxylic acids is 6. The van der Waals surface area contributed by atoms with Gasteiger partial charge >= 0.3 is 5.97 Å². The summed E-state index contributed by atoms with van der Waals surface area (Å²) in [5.41, 5.74) is 3.86. The number of ether oxygens (including phenoxy) is 1. The van der Waals surface area contributed by atoms with Gasteiger partial charge in [0.05, 0.1) is 30.1 Å². The second-order valence-corrected chi connectivity index (χ2v) is 15.9. The van der Waals surface area contributed by atoms with E-state index in [4.69, 9.17) is 4.74 Å². The molecule has 0 aliphatic carbocycles. The average molecular weight is 840 g/mol. The molecule has 5 N–H and O–H groups in total. The number of allylic oxidation sites excluding steroid dienone is 7. The van der Waals surface area contributed by atoms with E-state index in [1.807, 2.05) is 51.2 Å². The smallest absolute Gasteiger partial charge is 0.331 e. The SMILES string of the molecule is CCC(C)OC(=O)/C=C/C=C(\C)CC/C=C/C=C/C[C@H](C)[C@@H](O)[C@@H](CCC(C)=O)C(=O)N[C@H](C(=O)N[C@@H](Cc1cc(O)cc(F)c1)C(=O)N1CCCC(C(=O)[O-])N1)C(C)C. The molecule has 1 aliphatic rings. The molecule has 0 bridgehead atoms. The number of amides is 3. The molecule has 1 saturated heterocycles. The maximum Gasteiger partial charge on any atom is 0.331 e. The maximum absolute atomic E-state index is 14.2. The second kappa shape index (κ2) is 26.1. The second-order valence-electron chi connectivity index (χ2n) is 15.9. The summed E-state index contributed by atoms with van der Waals surface area (Å²) in [6, 6.07) is -0.541. The third-order valence-corrected chi connectivity index (χ3v) is 10.2. The number of carbonyl (C=O) groups is 6. The lowest BCUT2D eigenvalue weighted by Gasteiger charge is -2.37. The number of hydrogen-bond donors (Lipinski definition) is 5. The number of nitrogens with one attached hydrogen (secondary N) is 3. The molecule has 1 aliphatic heterocycles. The fourth-order valence-electron chi connectivity index (χ4n) is 6.45. The minimum Gasteiger partial charge on any atom is -0.548 e. The first kappa shape index (κ1) is 51.0. The maximum atomic E-state index is 14.2. The van der Waals surface area contributed by atoms with Gasteiger partial charge in [-0.15, -0.1) is 0 Å². The zero-order valence-electron chi connectivity index (χ0n) is 35.9. The summed E-state index contributed by atoms with van der Waals surface area (Å²) >= 11 is 0. The Labute approximate surface area is 353 Å². The van der Waals surface area contributed by atoms with E-state index in [0.29, 0.717) is 12.8 Å². The van der Waals surface area contributed by atoms with Gasteiger partial charge in [-0.05, 0) is 95.2 Å². The van der Waals surface area contributed by atoms with E-state index < -0.39 is 77.2 Å². The summed E-state index contributed by atoms with van der Waals surface area (Å²) in [5, 5.41) is 39.4. The number of hydrogen-bond acceptors (Lipinski definition) is 11. The van der Waals surface area contributed by atoms with Crippen LogP contribution in [0.15, 0.2) is 66.3 Å². The van der Waals surface area contributed by atoms with E-state index in [1.54, 1.807) is 26.8 Å². The molecule has 1 aromatic rings. The Kier molecular flexibility index (Phi) is 22.2. The van der Waals surface area contributed by atoms with Crippen molar-refractivity contribution < 1.29 is 53.2 Å². The van der Waals surface area contributed by atoms with Crippen molar-refractivity contribution in [3.05, 3.63) is 77.7 Å². The fourth-order valence-corrected chi connectivity index (χ4v) is 6.45. The number of aromatic hydroxyl groups is 1. The van der Waals surface area contributed by atoms with Crippen LogP contribution >= 0.6 is 0 Å². The lowest BCUT2D eigenvalue weighted by atomic mass is 9.85. The van der Waals surface area contributed by atoms with E-state index in [-0.39, 0.29) is 55.6 Å². The number of halogens is 1. The average Bonchev–Trinajstić information content (AvgIpc) is 3.18. The van der Waals surface area contributed by atoms with Gasteiger partial charge in [0.1, 0.15) is 29.4 Å². The summed E-state index contributed by atoms with van der Waals surface area (Å²) < 4.78 is 19.4. The Balaban J connectivity index is 2.14. The Morgan fingerprint density at radius 1 is 1.00 bits per heavy atom. The number of aliphatic carboxylic acids is 1. The first-order valence-corrected chi connectivity index (χ1v) is 20.7. The lowest BCUT2D eigenvalue weighted by molar-refractivity contribution is -0.310. The molecule has 332 valence electrons. The molecule has 2 rings (SSSR count). The van der Waals surface area contributed by atoms with Gasteiger partial charge in [0.25, 0.3) is 5.91 Å². The number of phenols is 1. The van der Waals surface area contributed by atoms with Crippen molar-refractivity contribution in [1.29, 1.82) is 0 Å². The predicted octanol–water partition coefficient (Wildman–Crippen LogP) is 4.05. The topological polar surface area (TPSA) is 214 Å². The molecule has 0 radical (unpaired) electrons. The Morgan fingerprint density at radius 3 is 2.33 bits per heavy atom. The predicted molar refractivity (Wildman–Crippen MR) is 223 cm³/mol. The van der Waals surface area contributed by atoms with Crippen LogP contribution in [0.4, 0.5) is 4.39 Å². The number of carboxylic acid groups (broad SMARTS) is 1. The van der Waals surface area contributed by atoms with Crippen LogP contribution in [0.5, 0.6) is 5.75 Å². The summed E-state index contributed by atoms with van der Waals surface area (Å²) in [7, 11) is 0. The monoisotopic (exact) mass is 839 g/mol. The minimum atomic E-state index is -1.41. The number of aliphatic hydroxyl groups excluding tert-OH is 1. The summed E-state index contributed by atoms with van der Waals surface area (Å²) in [6.07, 6.45) is 14.2. The van der Waals surface area contributed by atoms with Gasteiger partial charge in [-0.3, -0.25) is 19.4 Å². The Bertz CT molecular complexity index is 1720. The van der Waals surface area contributed by atoms with Crippen LogP contribution in [-0.4, -0.2) is 87.5 Å². The van der Waals surface area contributed by atoms with Crippen molar-refractivity contribution in [3.63, 3.8) is 0 Å². The summed E-state index contributed by atoms with van der Waals surface area (Å²) in [6.45, 7) is 12.4. The van der Waals surface area contributed by atoms with Crippen LogP contribution in [0.3, 0.4) is 0 Å². The molecule has 14 nitrogen and oxygen atoms in total. The minimum absolute atomic E-state index is 0.0114. The third kappa shape index (κ3) is 18.4. The highest BCUT2D eigenvalue weighted by molar-refractivity contribution is 5.93. The van der Waals surface area contributed by atoms with Crippen LogP contribution in [0, 0.1) is 23.6 Å². The lowest BCUT2D eigenvalue weighted by Crippen LogP contribution is -2.63. The summed E-state index contributed by atoms with van der Waals surface area (Å²) in [5.74, 6) is -7.30. The van der Waals surface area contributed by atoms with E-state index in [9.17, 15) is 48.5 Å². The van der Waals surface area contributed by atoms with Crippen molar-refractivity contribution in [2.75, 3.05) is 6.54 Å². The van der Waals surface area contributed by atoms with Crippen molar-refractivity contribution in [2.45, 2.75) is 137 Å². The molecule has 0 saturated carbocycles. The number of Topliss-reactive ketones (excluding diaryl/α,β-unsaturated/α-hetero) is 1. The van der Waals surface area contributed by atoms with Crippen LogP contribution in [0.2, 0.25) is 0 Å². The van der Waals surface area contributed by atoms with Gasteiger partial charge in [-0.2, -0.15) is 0 Å². The van der Waals surface area contributed by atoms with Gasteiger partial charge in [-0.25, -0.2) is 14.6 Å². The number of nitrogens with zero attached hydrogens (tertiary/aromatic N) is 1. The van der Waals surface area contributed by atoms with Gasteiger partial charge in [0, 0.05) is 31.5 Å². The first-order valence-electron chi connectivity index (χ1n) is 20.7. The number of aliphatic hydroxyl groups is 1. The Hall–Kier alpha value is -5.15. The van der Waals surface area contributed by atoms with Crippen molar-refractivity contribution in [3.8, 4) is 5.75 Å². The normalized spacial score (nSPS) is 17.9. The summed E-state index contributed by atoms with van der Waals surface area (Å²) in [4.78, 5) is 76.9. The molecule has 1 fully saturated rings. The highest BCUT2D eigenvalue weighted by atomic mass is 19.1. The highest BCUT2D eigenvalue weighted by Gasteiger charge is 2.36. The van der Waals surface area contributed by atoms with E-state index in [0.717, 1.165) is 42.0 Å². The number of esters is 1. The largest absolute Gasteiger partial charge is 0.548 e. The molecule has 0 aromatic heterocycles. The van der Waals surface area contributed by atoms with E-state index in [2.05, 4.69) is 16.1 Å². The van der Waals surface area contributed by atoms with Crippen molar-refractivity contribution in [1.82, 2.24) is 21.1 Å². The van der Waals surface area contributed by atoms with Crippen LogP contribution < -0.4 is 21.2 Å². The fraction of sp³-hybridized carbons (Fsp3) is 0.556. The van der Waals surface area contributed by atoms with Gasteiger partial charge in [0.15, 0.2) is 0 Å². The van der Waals surface area contributed by atoms with Crippen molar-refractivity contribution in [2.24, 2.45) is 17.8 Å². The first-order chi connectivity index (χ1) is 28.3. The third-order valence-electron chi connectivity index (χ3n) is 10.2. The molecule has 1 aromatic carbocycles. The molecular weight excluding hydrogens is 776 g/mol. The number of benzene rings is 1. The zero-order valence-corrected chi connectivity index (χ0v) is 35.9. The number of ketones is 1. The van der Waals surface area contributed by atoms with Gasteiger partial charge in [0.2, 0.25) is 11.8 Å². The van der Waals surface area contributed by atoms with Crippen LogP contribution in [0.25, 0.3) is 0 Å². The van der Waals surface area contributed by atoms with Crippen LogP contribution in [-0.2, 0) is 39.9 Å². The molecule has 2 unspecified atom stereocenters. The molecule has 0 spiro atoms. The molecule has 3 amide bonds. The molecule has 7 atom stereocenters. The van der Waals surface area contributed by atoms with Gasteiger partial charge < -0.3 is 40.3 Å². The standard InChI is InChI=1S/C45H65FN4O10/c1-8-32(7)60-39(53)20-14-17-29(4)16-12-10-9-11-13-18-30(5)41(54)36(22-21-31(6)51)42(55)48-40(28(2)3)43(56)47-38(26-33-24-34(46)27-35(52)25-33)44(57)50-23-15-19-37(49-50)45(58)59/h9-11,13-14,17,20,24-25,27-28,30,32,36-38,40-41,49,52,54H,8,12,15-16,18-19,21-23,26H2,1-7H3,(H,47,56)(H,48,55)(H,58,59)/p-1/b10-9+,13-11+,20-14+,29-17+/t30-,32?,36+,37?,38-,40-,41+/m0/s1. The van der Waals surface area contributed by atoms with Gasteiger partial charge in [-0.1, -0.05) is 69.7 Å². The molecule has 1 heterocycles. The van der Waals surface area contributed by atoms with E-state index in [1.165, 1.54) is 19.1 Å². The molecule has 60 heavy (non-hydrogen) atoms. The highest BCUT2D eigenvalue weighted by Crippen LogP contribution is 2.23. The number of phenolic OH excluding ortho intramolecular Hbond substituents is 1. The van der Waals surface area contributed by atoms with E-state index >= 15 is 0 Å². The zero-order chi connectivity index (χ0) is 44.9.